The molecule has 7 nitrogen and oxygen atoms in total. The number of imidazole rings is 1. The molecule has 1 aromatic heterocycles. The lowest BCUT2D eigenvalue weighted by Crippen LogP contribution is -2.17. The largest absolute Gasteiger partial charge is 0.491 e. The molecule has 0 atom stereocenters. The van der Waals surface area contributed by atoms with E-state index in [1.807, 2.05) is 36.4 Å². The third-order valence-electron chi connectivity index (χ3n) is 3.75. The van der Waals surface area contributed by atoms with Gasteiger partial charge in [-0.15, -0.1) is 0 Å². The highest BCUT2D eigenvalue weighted by atomic mass is 16.6. The zero-order valence-electron chi connectivity index (χ0n) is 15.6. The highest BCUT2D eigenvalue weighted by Gasteiger charge is 2.09. The van der Waals surface area contributed by atoms with Crippen molar-refractivity contribution < 1.29 is 19.0 Å². The summed E-state index contributed by atoms with van der Waals surface area (Å²) in [5.74, 6) is 1.53. The topological polar surface area (TPSA) is 85.5 Å². The maximum atomic E-state index is 11.7. The molecule has 0 fully saturated rings. The molecule has 0 aliphatic heterocycles. The van der Waals surface area contributed by atoms with Gasteiger partial charge < -0.3 is 19.2 Å². The van der Waals surface area contributed by atoms with Gasteiger partial charge in [0.25, 0.3) is 0 Å². The summed E-state index contributed by atoms with van der Waals surface area (Å²) in [7, 11) is 1.64. The molecule has 2 N–H and O–H groups in total. The van der Waals surface area contributed by atoms with Crippen molar-refractivity contribution in [2.24, 2.45) is 0 Å². The number of amides is 1. The number of carbonyl (C=O) groups excluding carboxylic acids is 1. The van der Waals surface area contributed by atoms with E-state index in [1.54, 1.807) is 27.0 Å². The summed E-state index contributed by atoms with van der Waals surface area (Å²) in [5, 5.41) is 2.71. The van der Waals surface area contributed by atoms with Crippen LogP contribution in [0.3, 0.4) is 0 Å². The number of carbonyl (C=O) groups is 1. The summed E-state index contributed by atoms with van der Waals surface area (Å²) in [6, 6.07) is 13.2. The Balaban J connectivity index is 1.73. The molecule has 3 rings (SSSR count). The van der Waals surface area contributed by atoms with E-state index in [4.69, 9.17) is 14.2 Å². The number of methoxy groups -OCH3 is 1. The predicted molar refractivity (Wildman–Crippen MR) is 104 cm³/mol. The Morgan fingerprint density at radius 1 is 1.15 bits per heavy atom. The Morgan fingerprint density at radius 2 is 1.93 bits per heavy atom. The van der Waals surface area contributed by atoms with E-state index >= 15 is 0 Å². The van der Waals surface area contributed by atoms with Gasteiger partial charge in [0.05, 0.1) is 23.7 Å². The first-order chi connectivity index (χ1) is 13.0. The zero-order chi connectivity index (χ0) is 19.2. The van der Waals surface area contributed by atoms with Crippen LogP contribution >= 0.6 is 0 Å². The lowest BCUT2D eigenvalue weighted by Gasteiger charge is -2.09. The average Bonchev–Trinajstić information content (AvgIpc) is 3.05. The third-order valence-corrected chi connectivity index (χ3v) is 3.75. The number of nitrogens with one attached hydrogen (secondary N) is 2. The van der Waals surface area contributed by atoms with Crippen molar-refractivity contribution in [2.75, 3.05) is 25.6 Å². The fourth-order valence-electron chi connectivity index (χ4n) is 2.54. The Hall–Kier alpha value is -3.06. The average molecular weight is 369 g/mol. The molecule has 0 radical (unpaired) electrons. The standard InChI is InChI=1S/C20H23N3O4/c1-13(2)27-20(24)21-15-6-9-17-18(12-15)23-19(22-17)14-4-7-16(8-5-14)26-11-10-25-3/h4-9,12-13H,10-11H2,1-3H3,(H,21,24)(H,22,23). The van der Waals surface area contributed by atoms with E-state index in [1.165, 1.54) is 0 Å². The Bertz CT molecular complexity index is 903. The van der Waals surface area contributed by atoms with Crippen LogP contribution in [0.25, 0.3) is 22.4 Å². The number of benzene rings is 2. The predicted octanol–water partition coefficient (Wildman–Crippen LogP) is 4.21. The number of rotatable bonds is 7. The first-order valence-electron chi connectivity index (χ1n) is 8.74. The minimum atomic E-state index is -0.479. The van der Waals surface area contributed by atoms with E-state index in [0.29, 0.717) is 18.9 Å². The molecule has 3 aromatic rings. The van der Waals surface area contributed by atoms with Crippen molar-refractivity contribution in [3.63, 3.8) is 0 Å². The van der Waals surface area contributed by atoms with Crippen LogP contribution in [0.5, 0.6) is 5.75 Å². The van der Waals surface area contributed by atoms with Gasteiger partial charge in [-0.2, -0.15) is 0 Å². The fourth-order valence-corrected chi connectivity index (χ4v) is 2.54. The molecule has 0 bridgehead atoms. The molecule has 142 valence electrons. The van der Waals surface area contributed by atoms with Crippen molar-refractivity contribution in [3.8, 4) is 17.1 Å². The van der Waals surface area contributed by atoms with Crippen LogP contribution in [-0.4, -0.2) is 42.5 Å². The zero-order valence-corrected chi connectivity index (χ0v) is 15.6. The second kappa shape index (κ2) is 8.55. The van der Waals surface area contributed by atoms with Crippen LogP contribution in [0.1, 0.15) is 13.8 Å². The smallest absolute Gasteiger partial charge is 0.411 e. The van der Waals surface area contributed by atoms with E-state index in [0.717, 1.165) is 28.2 Å². The molecule has 1 amide bonds. The normalized spacial score (nSPS) is 11.0. The molecule has 2 aromatic carbocycles. The molecule has 0 aliphatic rings. The lowest BCUT2D eigenvalue weighted by atomic mass is 10.2. The Labute approximate surface area is 157 Å². The molecule has 1 heterocycles. The molecular weight excluding hydrogens is 346 g/mol. The molecule has 0 aliphatic carbocycles. The summed E-state index contributed by atoms with van der Waals surface area (Å²) in [4.78, 5) is 19.6. The van der Waals surface area contributed by atoms with Crippen LogP contribution in [0, 0.1) is 0 Å². The highest BCUT2D eigenvalue weighted by Crippen LogP contribution is 2.24. The summed E-state index contributed by atoms with van der Waals surface area (Å²) in [6.07, 6.45) is -0.651. The maximum absolute atomic E-state index is 11.7. The Kier molecular flexibility index (Phi) is 5.93. The number of hydrogen-bond donors (Lipinski definition) is 2. The van der Waals surface area contributed by atoms with Gasteiger partial charge in [0.15, 0.2) is 0 Å². The van der Waals surface area contributed by atoms with Gasteiger partial charge in [0.1, 0.15) is 18.2 Å². The van der Waals surface area contributed by atoms with Crippen molar-refractivity contribution in [1.29, 1.82) is 0 Å². The van der Waals surface area contributed by atoms with E-state index in [2.05, 4.69) is 15.3 Å². The van der Waals surface area contributed by atoms with E-state index in [9.17, 15) is 4.79 Å². The van der Waals surface area contributed by atoms with Gasteiger partial charge in [0, 0.05) is 18.4 Å². The number of aromatic nitrogens is 2. The van der Waals surface area contributed by atoms with Crippen LogP contribution in [0.15, 0.2) is 42.5 Å². The van der Waals surface area contributed by atoms with Gasteiger partial charge in [-0.25, -0.2) is 9.78 Å². The SMILES string of the molecule is COCCOc1ccc(-c2nc3ccc(NC(=O)OC(C)C)cc3[nH]2)cc1. The van der Waals surface area contributed by atoms with Crippen LogP contribution in [-0.2, 0) is 9.47 Å². The van der Waals surface area contributed by atoms with Crippen molar-refractivity contribution in [3.05, 3.63) is 42.5 Å². The van der Waals surface area contributed by atoms with E-state index < -0.39 is 6.09 Å². The number of nitrogens with zero attached hydrogens (tertiary/aromatic N) is 1. The second-order valence-electron chi connectivity index (χ2n) is 6.26. The van der Waals surface area contributed by atoms with E-state index in [-0.39, 0.29) is 6.10 Å². The van der Waals surface area contributed by atoms with Crippen LogP contribution < -0.4 is 10.1 Å². The van der Waals surface area contributed by atoms with Gasteiger partial charge in [-0.1, -0.05) is 0 Å². The summed E-state index contributed by atoms with van der Waals surface area (Å²) in [5.41, 5.74) is 3.23. The number of fused-ring (bicyclic) bond motifs is 1. The van der Waals surface area contributed by atoms with Crippen LogP contribution in [0.4, 0.5) is 10.5 Å². The summed E-state index contributed by atoms with van der Waals surface area (Å²) >= 11 is 0. The molecular formula is C20H23N3O4. The number of anilines is 1. The van der Waals surface area contributed by atoms with Crippen molar-refractivity contribution in [1.82, 2.24) is 9.97 Å². The number of H-pyrrole nitrogens is 1. The minimum absolute atomic E-state index is 0.172. The summed E-state index contributed by atoms with van der Waals surface area (Å²) in [6.45, 7) is 4.66. The lowest BCUT2D eigenvalue weighted by molar-refractivity contribution is 0.130. The van der Waals surface area contributed by atoms with Crippen LogP contribution in [0.2, 0.25) is 0 Å². The maximum Gasteiger partial charge on any atom is 0.411 e. The molecule has 7 heteroatoms. The second-order valence-corrected chi connectivity index (χ2v) is 6.26. The quantitative estimate of drug-likeness (QED) is 0.609. The molecule has 0 spiro atoms. The van der Waals surface area contributed by atoms with Gasteiger partial charge in [0.2, 0.25) is 0 Å². The number of aromatic amines is 1. The Morgan fingerprint density at radius 3 is 2.63 bits per heavy atom. The molecule has 0 unspecified atom stereocenters. The minimum Gasteiger partial charge on any atom is -0.491 e. The van der Waals surface area contributed by atoms with Gasteiger partial charge >= 0.3 is 6.09 Å². The molecule has 27 heavy (non-hydrogen) atoms. The van der Waals surface area contributed by atoms with Gasteiger partial charge in [-0.3, -0.25) is 5.32 Å². The number of hydrogen-bond acceptors (Lipinski definition) is 5. The summed E-state index contributed by atoms with van der Waals surface area (Å²) < 4.78 is 15.6. The first-order valence-corrected chi connectivity index (χ1v) is 8.74. The first kappa shape index (κ1) is 18.7. The number of ether oxygens (including phenoxy) is 3. The molecule has 0 saturated carbocycles. The third kappa shape index (κ3) is 4.98. The van der Waals surface area contributed by atoms with Gasteiger partial charge in [-0.05, 0) is 56.3 Å². The van der Waals surface area contributed by atoms with Crippen molar-refractivity contribution >= 4 is 22.8 Å². The monoisotopic (exact) mass is 369 g/mol. The highest BCUT2D eigenvalue weighted by molar-refractivity contribution is 5.89. The van der Waals surface area contributed by atoms with Crippen molar-refractivity contribution in [2.45, 2.75) is 20.0 Å². The fraction of sp³-hybridized carbons (Fsp3) is 0.300. The molecule has 0 saturated heterocycles.